The lowest BCUT2D eigenvalue weighted by atomic mass is 10.1. The highest BCUT2D eigenvalue weighted by Crippen LogP contribution is 2.33. The molecule has 0 aromatic heterocycles. The minimum Gasteiger partial charge on any atom is -0.383 e. The second-order valence-corrected chi connectivity index (χ2v) is 5.94. The Hall–Kier alpha value is -1.78. The molecule has 0 bridgehead atoms. The topological polar surface area (TPSA) is 42.3 Å². The number of halogens is 3. The van der Waals surface area contributed by atoms with Crippen LogP contribution in [0.25, 0.3) is 0 Å². The van der Waals surface area contributed by atoms with Crippen molar-refractivity contribution < 1.29 is 13.2 Å². The smallest absolute Gasteiger partial charge is 0.383 e. The van der Waals surface area contributed by atoms with Crippen LogP contribution in [0.4, 0.5) is 18.9 Å². The first-order chi connectivity index (χ1) is 10.8. The van der Waals surface area contributed by atoms with Gasteiger partial charge in [-0.25, -0.2) is 0 Å². The van der Waals surface area contributed by atoms with Gasteiger partial charge >= 0.3 is 6.18 Å². The van der Waals surface area contributed by atoms with Crippen molar-refractivity contribution in [1.82, 2.24) is 9.80 Å². The fourth-order valence-electron chi connectivity index (χ4n) is 2.64. The maximum absolute atomic E-state index is 12.9. The number of rotatable bonds is 4. The monoisotopic (exact) mass is 326 g/mol. The van der Waals surface area contributed by atoms with Crippen LogP contribution in [-0.2, 0) is 6.18 Å². The fraction of sp³-hybridized carbons (Fsp3) is 0.562. The first-order valence-electron chi connectivity index (χ1n) is 7.59. The average molecular weight is 326 g/mol. The summed E-state index contributed by atoms with van der Waals surface area (Å²) >= 11 is 0. The Labute approximate surface area is 134 Å². The van der Waals surface area contributed by atoms with Gasteiger partial charge in [-0.15, -0.1) is 0 Å². The van der Waals surface area contributed by atoms with Crippen LogP contribution in [0.5, 0.6) is 0 Å². The summed E-state index contributed by atoms with van der Waals surface area (Å²) in [6.07, 6.45) is -4.52. The molecule has 1 aliphatic heterocycles. The molecule has 0 spiro atoms. The van der Waals surface area contributed by atoms with Crippen molar-refractivity contribution in [2.24, 2.45) is 0 Å². The number of nitriles is 1. The van der Waals surface area contributed by atoms with Gasteiger partial charge in [0.25, 0.3) is 0 Å². The number of alkyl halides is 3. The summed E-state index contributed by atoms with van der Waals surface area (Å²) in [6.45, 7) is 6.54. The number of hydrogen-bond donors (Lipinski definition) is 1. The van der Waals surface area contributed by atoms with Gasteiger partial charge in [0.1, 0.15) is 0 Å². The highest BCUT2D eigenvalue weighted by molar-refractivity contribution is 5.53. The average Bonchev–Trinajstić information content (AvgIpc) is 2.52. The van der Waals surface area contributed by atoms with Crippen molar-refractivity contribution in [3.8, 4) is 6.07 Å². The van der Waals surface area contributed by atoms with Crippen LogP contribution in [0.2, 0.25) is 0 Å². The molecule has 0 saturated carbocycles. The van der Waals surface area contributed by atoms with E-state index in [-0.39, 0.29) is 11.6 Å². The van der Waals surface area contributed by atoms with E-state index in [1.54, 1.807) is 6.07 Å². The van der Waals surface area contributed by atoms with Crippen molar-refractivity contribution >= 4 is 5.69 Å². The van der Waals surface area contributed by atoms with Crippen LogP contribution >= 0.6 is 0 Å². The van der Waals surface area contributed by atoms with Gasteiger partial charge < -0.3 is 10.2 Å². The molecule has 4 nitrogen and oxygen atoms in total. The Morgan fingerprint density at radius 2 is 1.91 bits per heavy atom. The van der Waals surface area contributed by atoms with Gasteiger partial charge in [-0.05, 0) is 32.2 Å². The lowest BCUT2D eigenvalue weighted by Gasteiger charge is -2.36. The van der Waals surface area contributed by atoms with E-state index < -0.39 is 11.7 Å². The van der Waals surface area contributed by atoms with Gasteiger partial charge in [-0.3, -0.25) is 4.90 Å². The van der Waals surface area contributed by atoms with Gasteiger partial charge in [0, 0.05) is 44.5 Å². The summed E-state index contributed by atoms with van der Waals surface area (Å²) in [6, 6.07) is 5.56. The van der Waals surface area contributed by atoms with E-state index in [4.69, 9.17) is 5.26 Å². The molecule has 23 heavy (non-hydrogen) atoms. The van der Waals surface area contributed by atoms with E-state index in [2.05, 4.69) is 29.1 Å². The molecule has 126 valence electrons. The molecule has 1 N–H and O–H groups in total. The molecule has 1 aliphatic rings. The Balaban J connectivity index is 1.99. The molecular formula is C16H21F3N4. The maximum Gasteiger partial charge on any atom is 0.417 e. The Bertz CT molecular complexity index is 572. The molecule has 1 aromatic carbocycles. The number of nitrogens with one attached hydrogen (secondary N) is 1. The SMILES string of the molecule is CC(CNc1ccc(C#N)c(C(F)(F)F)c1)N1CCN(C)CC1. The predicted molar refractivity (Wildman–Crippen MR) is 83.2 cm³/mol. The Morgan fingerprint density at radius 3 is 2.48 bits per heavy atom. The van der Waals surface area contributed by atoms with Crippen LogP contribution < -0.4 is 5.32 Å². The molecule has 7 heteroatoms. The third kappa shape index (κ3) is 4.60. The fourth-order valence-corrected chi connectivity index (χ4v) is 2.64. The minimum absolute atomic E-state index is 0.230. The molecule has 1 saturated heterocycles. The van der Waals surface area contributed by atoms with Crippen LogP contribution in [0.1, 0.15) is 18.1 Å². The van der Waals surface area contributed by atoms with Crippen LogP contribution in [0, 0.1) is 11.3 Å². The first-order valence-corrected chi connectivity index (χ1v) is 7.59. The van der Waals surface area contributed by atoms with E-state index in [1.807, 2.05) is 0 Å². The molecule has 1 aromatic rings. The molecule has 0 radical (unpaired) electrons. The molecule has 1 heterocycles. The van der Waals surface area contributed by atoms with Crippen LogP contribution in [0.3, 0.4) is 0 Å². The molecule has 1 fully saturated rings. The zero-order valence-electron chi connectivity index (χ0n) is 13.3. The zero-order chi connectivity index (χ0) is 17.0. The quantitative estimate of drug-likeness (QED) is 0.924. The standard InChI is InChI=1S/C16H21F3N4/c1-12(23-7-5-22(2)6-8-23)11-21-14-4-3-13(10-20)15(9-14)16(17,18)19/h3-4,9,12,21H,5-8,11H2,1-2H3. The third-order valence-corrected chi connectivity index (χ3v) is 4.21. The highest BCUT2D eigenvalue weighted by atomic mass is 19.4. The maximum atomic E-state index is 12.9. The number of nitrogens with zero attached hydrogens (tertiary/aromatic N) is 3. The van der Waals surface area contributed by atoms with E-state index >= 15 is 0 Å². The number of benzene rings is 1. The summed E-state index contributed by atoms with van der Waals surface area (Å²) in [7, 11) is 2.08. The molecule has 0 aliphatic carbocycles. The predicted octanol–water partition coefficient (Wildman–Crippen LogP) is 2.62. The molecule has 0 amide bonds. The van der Waals surface area contributed by atoms with E-state index in [0.717, 1.165) is 32.2 Å². The van der Waals surface area contributed by atoms with E-state index in [1.165, 1.54) is 12.1 Å². The second kappa shape index (κ2) is 7.20. The number of hydrogen-bond acceptors (Lipinski definition) is 4. The normalized spacial score (nSPS) is 18.4. The lowest BCUT2D eigenvalue weighted by molar-refractivity contribution is -0.137. The summed E-state index contributed by atoms with van der Waals surface area (Å²) < 4.78 is 38.8. The van der Waals surface area contributed by atoms with Crippen molar-refractivity contribution in [3.05, 3.63) is 29.3 Å². The van der Waals surface area contributed by atoms with Crippen molar-refractivity contribution in [3.63, 3.8) is 0 Å². The van der Waals surface area contributed by atoms with Gasteiger partial charge in [0.2, 0.25) is 0 Å². The third-order valence-electron chi connectivity index (χ3n) is 4.21. The zero-order valence-corrected chi connectivity index (χ0v) is 13.3. The summed E-state index contributed by atoms with van der Waals surface area (Å²) in [5.41, 5.74) is -0.857. The van der Waals surface area contributed by atoms with Crippen LogP contribution in [-0.4, -0.2) is 55.6 Å². The highest BCUT2D eigenvalue weighted by Gasteiger charge is 2.33. The first kappa shape index (κ1) is 17.6. The van der Waals surface area contributed by atoms with Gasteiger partial charge in [-0.1, -0.05) is 0 Å². The Kier molecular flexibility index (Phi) is 5.50. The van der Waals surface area contributed by atoms with Crippen molar-refractivity contribution in [1.29, 1.82) is 5.26 Å². The summed E-state index contributed by atoms with van der Waals surface area (Å²) in [5.74, 6) is 0. The van der Waals surface area contributed by atoms with Gasteiger partial charge in [0.15, 0.2) is 0 Å². The number of piperazine rings is 1. The van der Waals surface area contributed by atoms with Gasteiger partial charge in [0.05, 0.1) is 17.2 Å². The second-order valence-electron chi connectivity index (χ2n) is 5.94. The molecular weight excluding hydrogens is 305 g/mol. The lowest BCUT2D eigenvalue weighted by Crippen LogP contribution is -2.49. The molecule has 2 rings (SSSR count). The largest absolute Gasteiger partial charge is 0.417 e. The number of likely N-dealkylation sites (N-methyl/N-ethyl adjacent to an activating group) is 1. The van der Waals surface area contributed by atoms with Crippen LogP contribution in [0.15, 0.2) is 18.2 Å². The Morgan fingerprint density at radius 1 is 1.26 bits per heavy atom. The minimum atomic E-state index is -4.52. The van der Waals surface area contributed by atoms with E-state index in [9.17, 15) is 13.2 Å². The summed E-state index contributed by atoms with van der Waals surface area (Å²) in [4.78, 5) is 4.58. The van der Waals surface area contributed by atoms with E-state index in [0.29, 0.717) is 12.2 Å². The molecule has 1 atom stereocenters. The van der Waals surface area contributed by atoms with Gasteiger partial charge in [-0.2, -0.15) is 18.4 Å². The van der Waals surface area contributed by atoms with Crippen molar-refractivity contribution in [2.45, 2.75) is 19.1 Å². The summed E-state index contributed by atoms with van der Waals surface area (Å²) in [5, 5.41) is 11.9. The van der Waals surface area contributed by atoms with Crippen molar-refractivity contribution in [2.75, 3.05) is 45.1 Å². The number of anilines is 1. The molecule has 1 unspecified atom stereocenters.